The van der Waals surface area contributed by atoms with Crippen molar-refractivity contribution in [2.24, 2.45) is 0 Å². The van der Waals surface area contributed by atoms with Gasteiger partial charge in [-0.1, -0.05) is 36.4 Å². The monoisotopic (exact) mass is 1580 g/mol. The standard InChI is InChI=1S/C106H71B3N2S3Se/c1-106(2,3)78-62-88-97-89(63-78)111(103-81(72-42-24-10-25-43-72)48-29-49-82(103)73-44-26-11-27-45-73)90-64-93-101-105(98(90)108(97)83-58-74(66-30-12-4-13-31-66)50-54-87(83)110(88)102-79(70-38-20-8-21-39-70)46-28-47-80(102)71-40-22-9-23-41-71)115-96-57-53-77(69-36-18-7-19-37-69)61-86(96)109(101)100-95(113-93)65-94-99-104(100)114-92-56-52-76(68-34-16-6-17-35-68)60-85(92)107(99)84-59-75(51-55-91(84)112-94)67-32-14-5-15-33-67/h4-65H,1-3H3. The zero-order valence-corrected chi connectivity index (χ0v) is 67.7. The second-order valence-corrected chi connectivity index (χ2v) is 37.4. The Morgan fingerprint density at radius 1 is 0.243 bits per heavy atom. The van der Waals surface area contributed by atoms with Gasteiger partial charge in [0.05, 0.1) is 0 Å². The van der Waals surface area contributed by atoms with E-state index >= 15 is 0 Å². The fourth-order valence-electron chi connectivity index (χ4n) is 19.2. The van der Waals surface area contributed by atoms with Crippen molar-refractivity contribution < 1.29 is 0 Å². The molecule has 0 saturated carbocycles. The second-order valence-electron chi connectivity index (χ2n) is 32.0. The van der Waals surface area contributed by atoms with Gasteiger partial charge in [0.2, 0.25) is 0 Å². The molecular formula is C106H71B3N2S3Se. The number of hydrogen-bond acceptors (Lipinski definition) is 5. The van der Waals surface area contributed by atoms with Gasteiger partial charge >= 0.3 is 662 Å². The van der Waals surface area contributed by atoms with Gasteiger partial charge in [-0.05, 0) is 0 Å². The van der Waals surface area contributed by atoms with Crippen LogP contribution in [0.4, 0.5) is 34.1 Å². The van der Waals surface area contributed by atoms with Gasteiger partial charge in [0, 0.05) is 0 Å². The number of nitrogens with zero attached hydrogens (tertiary/aromatic N) is 2. The molecule has 0 spiro atoms. The van der Waals surface area contributed by atoms with E-state index in [1.54, 1.807) is 0 Å². The molecule has 0 radical (unpaired) electrons. The van der Waals surface area contributed by atoms with Crippen LogP contribution in [0.3, 0.4) is 0 Å². The molecule has 6 aliphatic rings. The van der Waals surface area contributed by atoms with Crippen LogP contribution in [0.25, 0.3) is 89.0 Å². The summed E-state index contributed by atoms with van der Waals surface area (Å²) in [7, 11) is 0. The summed E-state index contributed by atoms with van der Waals surface area (Å²) in [5.74, 6) is 0. The van der Waals surface area contributed by atoms with Gasteiger partial charge in [-0.25, -0.2) is 0 Å². The third-order valence-electron chi connectivity index (χ3n) is 24.4. The van der Waals surface area contributed by atoms with E-state index in [1.165, 1.54) is 210 Å². The fourth-order valence-corrected chi connectivity index (χ4v) is 26.0. The van der Waals surface area contributed by atoms with E-state index in [0.29, 0.717) is 0 Å². The Hall–Kier alpha value is -11.9. The number of hydrogen-bond donors (Lipinski definition) is 0. The number of anilines is 6. The topological polar surface area (TPSA) is 6.48 Å². The molecule has 115 heavy (non-hydrogen) atoms. The molecule has 9 heteroatoms. The summed E-state index contributed by atoms with van der Waals surface area (Å²) in [6, 6.07) is 144. The van der Waals surface area contributed by atoms with Gasteiger partial charge in [-0.3, -0.25) is 0 Å². The van der Waals surface area contributed by atoms with Gasteiger partial charge in [0.1, 0.15) is 0 Å². The van der Waals surface area contributed by atoms with E-state index in [1.807, 2.05) is 35.3 Å². The van der Waals surface area contributed by atoms with Crippen LogP contribution in [-0.4, -0.2) is 35.1 Å². The zero-order valence-electron chi connectivity index (χ0n) is 63.6. The van der Waals surface area contributed by atoms with E-state index in [2.05, 4.69) is 407 Å². The maximum absolute atomic E-state index is 2.82. The number of rotatable bonds is 10. The third-order valence-corrected chi connectivity index (χ3v) is 30.5. The minimum absolute atomic E-state index is 0.0210. The molecule has 6 heterocycles. The average Bonchev–Trinajstić information content (AvgIpc) is 0.671. The molecule has 538 valence electrons. The molecule has 0 unspecified atom stereocenters. The Balaban J connectivity index is 0.861. The molecule has 0 atom stereocenters. The molecule has 23 rings (SSSR count). The Morgan fingerprint density at radius 2 is 0.591 bits per heavy atom. The van der Waals surface area contributed by atoms with Crippen LogP contribution in [0, 0.1) is 0 Å². The first-order chi connectivity index (χ1) is 56.7. The molecule has 17 aromatic rings. The molecule has 0 aliphatic carbocycles. The van der Waals surface area contributed by atoms with Crippen molar-refractivity contribution in [3.8, 4) is 89.0 Å². The van der Waals surface area contributed by atoms with E-state index < -0.39 is 0 Å². The summed E-state index contributed by atoms with van der Waals surface area (Å²) in [5.41, 5.74) is 39.8. The number of benzene rings is 17. The van der Waals surface area contributed by atoms with E-state index in [-0.39, 0.29) is 40.5 Å². The van der Waals surface area contributed by atoms with Gasteiger partial charge in [0.25, 0.3) is 0 Å². The Morgan fingerprint density at radius 3 is 1.03 bits per heavy atom. The Kier molecular flexibility index (Phi) is 16.4. The van der Waals surface area contributed by atoms with Gasteiger partial charge in [-0.15, -0.1) is 0 Å². The molecular weight excluding hydrogens is 1510 g/mol. The summed E-state index contributed by atoms with van der Waals surface area (Å²) in [5, 5.41) is 0. The third kappa shape index (κ3) is 11.2. The van der Waals surface area contributed by atoms with E-state index in [4.69, 9.17) is 0 Å². The molecule has 6 aliphatic heterocycles. The van der Waals surface area contributed by atoms with Crippen molar-refractivity contribution in [1.29, 1.82) is 0 Å². The van der Waals surface area contributed by atoms with Crippen molar-refractivity contribution in [3.05, 3.63) is 382 Å². The molecule has 0 bridgehead atoms. The first-order valence-corrected chi connectivity index (χ1v) is 44.0. The molecule has 0 amide bonds. The fraction of sp³-hybridized carbons (Fsp3) is 0.0377. The molecule has 0 aromatic heterocycles. The predicted molar refractivity (Wildman–Crippen MR) is 495 cm³/mol. The Bertz CT molecular complexity index is 6660. The van der Waals surface area contributed by atoms with Crippen LogP contribution >= 0.6 is 35.3 Å². The van der Waals surface area contributed by atoms with Crippen LogP contribution in [0.15, 0.2) is 405 Å². The van der Waals surface area contributed by atoms with Crippen molar-refractivity contribution in [2.45, 2.75) is 55.6 Å². The first-order valence-electron chi connectivity index (χ1n) is 39.9. The predicted octanol–water partition coefficient (Wildman–Crippen LogP) is 20.8. The van der Waals surface area contributed by atoms with Gasteiger partial charge < -0.3 is 0 Å². The second kappa shape index (κ2) is 27.4. The summed E-state index contributed by atoms with van der Waals surface area (Å²) in [6.07, 6.45) is 0. The van der Waals surface area contributed by atoms with Crippen LogP contribution in [0.2, 0.25) is 0 Å². The van der Waals surface area contributed by atoms with Gasteiger partial charge in [-0.2, -0.15) is 0 Å². The van der Waals surface area contributed by atoms with Crippen molar-refractivity contribution in [1.82, 2.24) is 0 Å². The summed E-state index contributed by atoms with van der Waals surface area (Å²) < 4.78 is 2.91. The normalized spacial score (nSPS) is 13.5. The first kappa shape index (κ1) is 68.7. The van der Waals surface area contributed by atoms with E-state index in [9.17, 15) is 0 Å². The Labute approximate surface area is 692 Å². The maximum atomic E-state index is 2.82. The molecule has 0 N–H and O–H groups in total. The minimum atomic E-state index is -0.303. The van der Waals surface area contributed by atoms with E-state index in [0.717, 1.165) is 5.69 Å². The average molecular weight is 1580 g/mol. The summed E-state index contributed by atoms with van der Waals surface area (Å²) >= 11 is 5.82. The number of fused-ring (bicyclic) bond motifs is 14. The summed E-state index contributed by atoms with van der Waals surface area (Å²) in [6.45, 7) is 6.85. The van der Waals surface area contributed by atoms with Gasteiger partial charge in [0.15, 0.2) is 0 Å². The molecule has 0 saturated heterocycles. The quantitative estimate of drug-likeness (QED) is 0.126. The van der Waals surface area contributed by atoms with Crippen molar-refractivity contribution >= 4 is 163 Å². The van der Waals surface area contributed by atoms with Crippen molar-refractivity contribution in [2.75, 3.05) is 9.80 Å². The zero-order chi connectivity index (χ0) is 76.1. The van der Waals surface area contributed by atoms with Crippen LogP contribution in [0.1, 0.15) is 26.3 Å². The molecule has 0 fully saturated rings. The van der Waals surface area contributed by atoms with Crippen LogP contribution < -0.4 is 67.9 Å². The SMILES string of the molecule is CC(C)(C)c1cc2c3c(c1)N(c1c(-c4ccccc4)cccc1-c1ccccc1)c1cc4c5c(c1B3c1cc(-c3ccccc3)ccc1N2c1c(-c2ccccc2)cccc1-c1ccccc1)[Se]c1ccc(-c2ccccc2)cc1B5c1c(cc2c3c1Sc1ccc(-c5ccccc5)cc1B3c1cc(-c3ccccc3)ccc1S2)S4. The summed E-state index contributed by atoms with van der Waals surface area (Å²) in [4.78, 5) is 13.6. The molecule has 2 nitrogen and oxygen atoms in total. The van der Waals surface area contributed by atoms with Crippen LogP contribution in [0.5, 0.6) is 0 Å². The number of para-hydroxylation sites is 2. The van der Waals surface area contributed by atoms with Crippen molar-refractivity contribution in [3.63, 3.8) is 0 Å². The van der Waals surface area contributed by atoms with Crippen LogP contribution in [-0.2, 0) is 5.41 Å². The molecule has 17 aromatic carbocycles.